The summed E-state index contributed by atoms with van der Waals surface area (Å²) in [7, 11) is 1.57. The number of nitrogens with one attached hydrogen (secondary N) is 3. The van der Waals surface area contributed by atoms with Crippen LogP contribution in [-0.2, 0) is 9.59 Å². The van der Waals surface area contributed by atoms with Crippen LogP contribution < -0.4 is 25.6 Å². The number of anilines is 3. The van der Waals surface area contributed by atoms with E-state index in [1.807, 2.05) is 18.2 Å². The van der Waals surface area contributed by atoms with Gasteiger partial charge in [0.05, 0.1) is 13.0 Å². The Morgan fingerprint density at radius 1 is 1.03 bits per heavy atom. The summed E-state index contributed by atoms with van der Waals surface area (Å²) in [6, 6.07) is 14.2. The molecule has 2 aromatic rings. The number of carbonyl (C=O) groups is 3. The Balaban J connectivity index is 1.33. The molecule has 1 aliphatic heterocycles. The van der Waals surface area contributed by atoms with Crippen molar-refractivity contribution >= 4 is 34.9 Å². The lowest BCUT2D eigenvalue weighted by atomic mass is 10.1. The summed E-state index contributed by atoms with van der Waals surface area (Å²) in [6.45, 7) is 0.318. The van der Waals surface area contributed by atoms with Crippen molar-refractivity contribution in [1.82, 2.24) is 5.32 Å². The zero-order valence-electron chi connectivity index (χ0n) is 16.7. The summed E-state index contributed by atoms with van der Waals surface area (Å²) >= 11 is 0. The molecule has 0 radical (unpaired) electrons. The quantitative estimate of drug-likeness (QED) is 0.684. The molecule has 1 aliphatic carbocycles. The van der Waals surface area contributed by atoms with Gasteiger partial charge in [-0.25, -0.2) is 4.79 Å². The van der Waals surface area contributed by atoms with Crippen LogP contribution in [0.1, 0.15) is 19.3 Å². The molecule has 4 rings (SSSR count). The highest BCUT2D eigenvalue weighted by molar-refractivity contribution is 6.03. The first kappa shape index (κ1) is 19.8. The van der Waals surface area contributed by atoms with Crippen LogP contribution in [0.25, 0.3) is 0 Å². The molecule has 0 bridgehead atoms. The fourth-order valence-electron chi connectivity index (χ4n) is 3.37. The third kappa shape index (κ3) is 4.71. The van der Waals surface area contributed by atoms with E-state index in [9.17, 15) is 14.4 Å². The predicted molar refractivity (Wildman–Crippen MR) is 114 cm³/mol. The molecular weight excluding hydrogens is 384 g/mol. The first-order valence-electron chi connectivity index (χ1n) is 9.94. The van der Waals surface area contributed by atoms with E-state index in [2.05, 4.69) is 16.0 Å². The van der Waals surface area contributed by atoms with Gasteiger partial charge >= 0.3 is 6.03 Å². The van der Waals surface area contributed by atoms with Crippen LogP contribution in [0.3, 0.4) is 0 Å². The Bertz CT molecular complexity index is 956. The van der Waals surface area contributed by atoms with E-state index >= 15 is 0 Å². The second-order valence-electron chi connectivity index (χ2n) is 7.55. The van der Waals surface area contributed by atoms with Crippen LogP contribution in [0.4, 0.5) is 21.9 Å². The summed E-state index contributed by atoms with van der Waals surface area (Å²) in [5, 5.41) is 8.47. The average Bonchev–Trinajstić information content (AvgIpc) is 3.47. The minimum atomic E-state index is -0.439. The zero-order chi connectivity index (χ0) is 21.1. The number of amides is 4. The number of benzene rings is 2. The molecule has 3 N–H and O–H groups in total. The molecule has 1 saturated carbocycles. The number of hydrogen-bond donors (Lipinski definition) is 3. The van der Waals surface area contributed by atoms with Crippen LogP contribution in [0, 0.1) is 5.92 Å². The van der Waals surface area contributed by atoms with Crippen molar-refractivity contribution in [3.05, 3.63) is 48.5 Å². The number of hydrogen-bond acceptors (Lipinski definition) is 4. The molecule has 2 aliphatic rings. The fraction of sp³-hybridized carbons (Fsp3) is 0.318. The highest BCUT2D eigenvalue weighted by Gasteiger charge is 2.35. The smallest absolute Gasteiger partial charge is 0.319 e. The molecule has 1 heterocycles. The third-order valence-electron chi connectivity index (χ3n) is 5.18. The summed E-state index contributed by atoms with van der Waals surface area (Å²) in [4.78, 5) is 38.5. The van der Waals surface area contributed by atoms with E-state index in [0.29, 0.717) is 23.7 Å². The molecule has 1 atom stereocenters. The van der Waals surface area contributed by atoms with Crippen molar-refractivity contribution < 1.29 is 19.1 Å². The molecule has 8 nitrogen and oxygen atoms in total. The van der Waals surface area contributed by atoms with Crippen molar-refractivity contribution in [1.29, 1.82) is 0 Å². The lowest BCUT2D eigenvalue weighted by Crippen LogP contribution is -2.30. The SMILES string of the molecule is COc1cccc(N2CC(C(=O)Nc3ccc(NC(=O)NC4CC4)cc3)CC2=O)c1. The minimum Gasteiger partial charge on any atom is -0.497 e. The highest BCUT2D eigenvalue weighted by atomic mass is 16.5. The van der Waals surface area contributed by atoms with Crippen LogP contribution >= 0.6 is 0 Å². The van der Waals surface area contributed by atoms with E-state index in [0.717, 1.165) is 18.5 Å². The number of carbonyl (C=O) groups excluding carboxylic acids is 3. The van der Waals surface area contributed by atoms with Crippen molar-refractivity contribution in [2.75, 3.05) is 29.2 Å². The van der Waals surface area contributed by atoms with Crippen molar-refractivity contribution in [3.8, 4) is 5.75 Å². The maximum atomic E-state index is 12.7. The van der Waals surface area contributed by atoms with Crippen LogP contribution in [-0.4, -0.2) is 37.5 Å². The molecular formula is C22H24N4O4. The van der Waals surface area contributed by atoms with Gasteiger partial charge in [-0.2, -0.15) is 0 Å². The molecule has 1 unspecified atom stereocenters. The molecule has 4 amide bonds. The van der Waals surface area contributed by atoms with Crippen molar-refractivity contribution in [2.45, 2.75) is 25.3 Å². The average molecular weight is 408 g/mol. The largest absolute Gasteiger partial charge is 0.497 e. The molecule has 8 heteroatoms. The third-order valence-corrected chi connectivity index (χ3v) is 5.18. The first-order chi connectivity index (χ1) is 14.5. The molecule has 30 heavy (non-hydrogen) atoms. The predicted octanol–water partition coefficient (Wildman–Crippen LogP) is 2.97. The standard InChI is InChI=1S/C22H24N4O4/c1-30-19-4-2-3-18(12-19)26-13-14(11-20(26)27)21(28)23-15-5-7-16(8-6-15)24-22(29)25-17-9-10-17/h2-8,12,14,17H,9-11,13H2,1H3,(H,23,28)(H2,24,25,29). The maximum Gasteiger partial charge on any atom is 0.319 e. The van der Waals surface area contributed by atoms with Gasteiger partial charge < -0.3 is 25.6 Å². The van der Waals surface area contributed by atoms with E-state index < -0.39 is 5.92 Å². The van der Waals surface area contributed by atoms with Gasteiger partial charge in [-0.05, 0) is 49.2 Å². The number of ether oxygens (including phenoxy) is 1. The second-order valence-corrected chi connectivity index (χ2v) is 7.55. The number of urea groups is 1. The Hall–Kier alpha value is -3.55. The van der Waals surface area contributed by atoms with Crippen LogP contribution in [0.15, 0.2) is 48.5 Å². The molecule has 2 fully saturated rings. The Labute approximate surface area is 174 Å². The van der Waals surface area contributed by atoms with Crippen LogP contribution in [0.5, 0.6) is 5.75 Å². The van der Waals surface area contributed by atoms with Gasteiger partial charge in [-0.3, -0.25) is 9.59 Å². The Kier molecular flexibility index (Phi) is 5.56. The summed E-state index contributed by atoms with van der Waals surface area (Å²) in [5.74, 6) is -0.0795. The van der Waals surface area contributed by atoms with Gasteiger partial charge in [0.2, 0.25) is 11.8 Å². The van der Waals surface area contributed by atoms with E-state index in [4.69, 9.17) is 4.74 Å². The molecule has 1 saturated heterocycles. The van der Waals surface area contributed by atoms with Crippen molar-refractivity contribution in [3.63, 3.8) is 0 Å². The van der Waals surface area contributed by atoms with Gasteiger partial charge in [0.15, 0.2) is 0 Å². The normalized spacial score (nSPS) is 18.1. The first-order valence-corrected chi connectivity index (χ1v) is 9.94. The number of methoxy groups -OCH3 is 1. The summed E-state index contributed by atoms with van der Waals surface area (Å²) < 4.78 is 5.21. The Morgan fingerprint density at radius 3 is 2.40 bits per heavy atom. The monoisotopic (exact) mass is 408 g/mol. The molecule has 0 spiro atoms. The maximum absolute atomic E-state index is 12.7. The van der Waals surface area contributed by atoms with Gasteiger partial charge in [0.25, 0.3) is 0 Å². The highest BCUT2D eigenvalue weighted by Crippen LogP contribution is 2.28. The molecule has 156 valence electrons. The Morgan fingerprint density at radius 2 is 1.73 bits per heavy atom. The molecule has 2 aromatic carbocycles. The van der Waals surface area contributed by atoms with Gasteiger partial charge in [0.1, 0.15) is 5.75 Å². The summed E-state index contributed by atoms with van der Waals surface area (Å²) in [5.41, 5.74) is 1.97. The summed E-state index contributed by atoms with van der Waals surface area (Å²) in [6.07, 6.45) is 2.21. The number of nitrogens with zero attached hydrogens (tertiary/aromatic N) is 1. The van der Waals surface area contributed by atoms with E-state index in [1.165, 1.54) is 0 Å². The van der Waals surface area contributed by atoms with Crippen molar-refractivity contribution in [2.24, 2.45) is 5.92 Å². The van der Waals surface area contributed by atoms with Gasteiger partial charge in [-0.15, -0.1) is 0 Å². The minimum absolute atomic E-state index is 0.0929. The van der Waals surface area contributed by atoms with Crippen LogP contribution in [0.2, 0.25) is 0 Å². The van der Waals surface area contributed by atoms with Gasteiger partial charge in [0, 0.05) is 42.1 Å². The van der Waals surface area contributed by atoms with Gasteiger partial charge in [-0.1, -0.05) is 6.07 Å². The second kappa shape index (κ2) is 8.44. The topological polar surface area (TPSA) is 99.8 Å². The number of rotatable bonds is 6. The zero-order valence-corrected chi connectivity index (χ0v) is 16.7. The molecule has 0 aromatic heterocycles. The lowest BCUT2D eigenvalue weighted by Gasteiger charge is -2.17. The van der Waals surface area contributed by atoms with E-state index in [-0.39, 0.29) is 30.3 Å². The fourth-order valence-corrected chi connectivity index (χ4v) is 3.37. The lowest BCUT2D eigenvalue weighted by molar-refractivity contribution is -0.122. The van der Waals surface area contributed by atoms with E-state index in [1.54, 1.807) is 42.3 Å².